The average Bonchev–Trinajstić information content (AvgIpc) is 3.57. The molecule has 5 atom stereocenters. The quantitative estimate of drug-likeness (QED) is 0.0146. The number of rotatable bonds is 59. The molecule has 0 fully saturated rings. The van der Waals surface area contributed by atoms with Crippen LogP contribution in [0.3, 0.4) is 0 Å². The Labute approximate surface area is 524 Å². The lowest BCUT2D eigenvalue weighted by Gasteiger charge is -2.21. The van der Waals surface area contributed by atoms with Crippen molar-refractivity contribution >= 4 is 33.6 Å². The van der Waals surface area contributed by atoms with E-state index in [1.807, 2.05) is 0 Å². The maximum Gasteiger partial charge on any atom is 0.472 e. The van der Waals surface area contributed by atoms with Crippen LogP contribution in [0, 0.1) is 0 Å². The lowest BCUT2D eigenvalue weighted by molar-refractivity contribution is -0.161. The number of phosphoric ester groups is 2. The second-order valence-electron chi connectivity index (χ2n) is 20.8. The van der Waals surface area contributed by atoms with Gasteiger partial charge in [0, 0.05) is 19.3 Å². The van der Waals surface area contributed by atoms with Crippen LogP contribution >= 0.6 is 15.6 Å². The minimum atomic E-state index is -4.94. The van der Waals surface area contributed by atoms with Crippen LogP contribution in [0.15, 0.2) is 146 Å². The van der Waals surface area contributed by atoms with Gasteiger partial charge in [-0.25, -0.2) is 9.13 Å². The number of aliphatic hydroxyl groups excluding tert-OH is 2. The average molecular weight is 1260 g/mol. The molecule has 5 unspecified atom stereocenters. The molecular weight excluding hydrogens is 1150 g/mol. The summed E-state index contributed by atoms with van der Waals surface area (Å²) in [7, 11) is -9.80. The largest absolute Gasteiger partial charge is 0.472 e. The Balaban J connectivity index is 4.70. The van der Waals surface area contributed by atoms with Gasteiger partial charge in [-0.05, 0) is 135 Å². The number of hydrogen-bond acceptors (Lipinski definition) is 14. The van der Waals surface area contributed by atoms with E-state index in [1.54, 1.807) is 0 Å². The molecule has 0 rings (SSSR count). The van der Waals surface area contributed by atoms with E-state index >= 15 is 0 Å². The lowest BCUT2D eigenvalue weighted by Crippen LogP contribution is -2.30. The first kappa shape index (κ1) is 82.4. The highest BCUT2D eigenvalue weighted by atomic mass is 31.2. The van der Waals surface area contributed by atoms with Gasteiger partial charge in [0.1, 0.15) is 25.4 Å². The van der Waals surface area contributed by atoms with Crippen LogP contribution in [0.4, 0.5) is 0 Å². The number of esters is 3. The molecular formula is C69H112O16P2. The predicted molar refractivity (Wildman–Crippen MR) is 352 cm³/mol. The second-order valence-corrected chi connectivity index (χ2v) is 23.7. The number of phosphoric acid groups is 2. The van der Waals surface area contributed by atoms with E-state index in [1.165, 1.54) is 12.8 Å². The van der Waals surface area contributed by atoms with E-state index in [0.717, 1.165) is 141 Å². The molecule has 4 N–H and O–H groups in total. The summed E-state index contributed by atoms with van der Waals surface area (Å²) in [4.78, 5) is 58.2. The Hall–Kier alpha value is -4.57. The lowest BCUT2D eigenvalue weighted by atomic mass is 10.1. The Morgan fingerprint density at radius 3 is 1.01 bits per heavy atom. The molecule has 0 amide bonds. The first-order chi connectivity index (χ1) is 42.2. The van der Waals surface area contributed by atoms with Crippen molar-refractivity contribution < 1.29 is 75.8 Å². The maximum atomic E-state index is 12.8. The summed E-state index contributed by atoms with van der Waals surface area (Å²) < 4.78 is 60.6. The van der Waals surface area contributed by atoms with Gasteiger partial charge in [0.2, 0.25) is 0 Å². The summed E-state index contributed by atoms with van der Waals surface area (Å²) in [5.41, 5.74) is 0. The smallest absolute Gasteiger partial charge is 0.463 e. The van der Waals surface area contributed by atoms with Crippen LogP contribution < -0.4 is 0 Å². The fourth-order valence-electron chi connectivity index (χ4n) is 7.64. The molecule has 0 aliphatic rings. The standard InChI is InChI=1S/C69H112O16P2/c1-4-7-10-13-16-19-22-24-26-28-30-31-33-35-36-38-41-43-46-49-52-55-67(72)79-58-64(70)59-81-86(75,76)82-60-65(71)61-83-87(77,78)84-63-66(85-69(74)57-54-51-48-45-40-21-18-15-12-9-6-3)62-80-68(73)56-53-50-47-44-42-39-37-34-32-29-27-25-23-20-17-14-11-8-5-2/h7-8,10-11,15-20,24-27,30-32,34-36,39,41-43,64-66,70-71H,4-6,9,12-14,21-23,28-29,33,37-38,40,44-63H2,1-3H3,(H,75,76)(H,77,78)/b10-7-,11-8-,18-15-,19-16-,20-17-,26-24-,27-25-,31-30-,34-32-,36-35-,42-39-,43-41-. The summed E-state index contributed by atoms with van der Waals surface area (Å²) in [5, 5.41) is 20.5. The van der Waals surface area contributed by atoms with Crippen molar-refractivity contribution in [3.05, 3.63) is 146 Å². The van der Waals surface area contributed by atoms with Gasteiger partial charge < -0.3 is 34.2 Å². The Bertz CT molecular complexity index is 2170. The van der Waals surface area contributed by atoms with E-state index in [9.17, 15) is 43.5 Å². The zero-order valence-corrected chi connectivity index (χ0v) is 54.9. The van der Waals surface area contributed by atoms with Gasteiger partial charge in [-0.2, -0.15) is 0 Å². The third kappa shape index (κ3) is 62.8. The number of carbonyl (C=O) groups is 3. The van der Waals surface area contributed by atoms with Crippen molar-refractivity contribution in [3.8, 4) is 0 Å². The molecule has 87 heavy (non-hydrogen) atoms. The fourth-order valence-corrected chi connectivity index (χ4v) is 9.22. The van der Waals surface area contributed by atoms with Gasteiger partial charge in [-0.3, -0.25) is 32.5 Å². The highest BCUT2D eigenvalue weighted by Gasteiger charge is 2.29. The summed E-state index contributed by atoms with van der Waals surface area (Å²) in [5.74, 6) is -1.68. The highest BCUT2D eigenvalue weighted by Crippen LogP contribution is 2.45. The highest BCUT2D eigenvalue weighted by molar-refractivity contribution is 7.47. The third-order valence-corrected chi connectivity index (χ3v) is 14.4. The van der Waals surface area contributed by atoms with Gasteiger partial charge in [0.15, 0.2) is 6.10 Å². The van der Waals surface area contributed by atoms with Crippen molar-refractivity contribution in [1.29, 1.82) is 0 Å². The number of aliphatic hydroxyl groups is 2. The van der Waals surface area contributed by atoms with E-state index in [4.69, 9.17) is 32.3 Å². The molecule has 0 heterocycles. The zero-order chi connectivity index (χ0) is 63.8. The normalized spacial score (nSPS) is 15.3. The van der Waals surface area contributed by atoms with Crippen LogP contribution in [0.25, 0.3) is 0 Å². The van der Waals surface area contributed by atoms with Gasteiger partial charge in [-0.1, -0.05) is 205 Å². The van der Waals surface area contributed by atoms with Crippen LogP contribution in [0.5, 0.6) is 0 Å². The number of allylic oxidation sites excluding steroid dienone is 24. The first-order valence-corrected chi connectivity index (χ1v) is 35.1. The van der Waals surface area contributed by atoms with Gasteiger partial charge >= 0.3 is 33.6 Å². The molecule has 0 aliphatic heterocycles. The van der Waals surface area contributed by atoms with E-state index in [0.29, 0.717) is 19.3 Å². The van der Waals surface area contributed by atoms with Crippen molar-refractivity contribution in [1.82, 2.24) is 0 Å². The van der Waals surface area contributed by atoms with Gasteiger partial charge in [-0.15, -0.1) is 0 Å². The summed E-state index contributed by atoms with van der Waals surface area (Å²) >= 11 is 0. The van der Waals surface area contributed by atoms with Gasteiger partial charge in [0.25, 0.3) is 0 Å². The van der Waals surface area contributed by atoms with Gasteiger partial charge in [0.05, 0.1) is 26.4 Å². The molecule has 0 saturated heterocycles. The van der Waals surface area contributed by atoms with Crippen LogP contribution in [-0.4, -0.2) is 95.9 Å². The van der Waals surface area contributed by atoms with E-state index < -0.39 is 91.5 Å². The van der Waals surface area contributed by atoms with Crippen molar-refractivity contribution in [2.45, 2.75) is 232 Å². The third-order valence-electron chi connectivity index (χ3n) is 12.5. The molecule has 0 bridgehead atoms. The fraction of sp³-hybridized carbons (Fsp3) is 0.609. The summed E-state index contributed by atoms with van der Waals surface area (Å²) in [6.45, 7) is 2.25. The number of unbranched alkanes of at least 4 members (excludes halogenated alkanes) is 12. The molecule has 0 spiro atoms. The summed E-state index contributed by atoms with van der Waals surface area (Å²) in [6, 6.07) is 0. The van der Waals surface area contributed by atoms with Crippen molar-refractivity contribution in [2.24, 2.45) is 0 Å². The molecule has 0 aliphatic carbocycles. The Morgan fingerprint density at radius 1 is 0.333 bits per heavy atom. The molecule has 0 saturated carbocycles. The van der Waals surface area contributed by atoms with Crippen LogP contribution in [0.2, 0.25) is 0 Å². The van der Waals surface area contributed by atoms with E-state index in [-0.39, 0.29) is 19.3 Å². The molecule has 0 aromatic carbocycles. The molecule has 0 radical (unpaired) electrons. The monoisotopic (exact) mass is 1260 g/mol. The van der Waals surface area contributed by atoms with Crippen LogP contribution in [-0.2, 0) is 55.8 Å². The SMILES string of the molecule is CC/C=C\C/C=C\C/C=C\C/C=C\C/C=C\C/C=C\CCCCC(=O)OCC(O)COP(=O)(O)OCC(O)COP(=O)(O)OCC(COC(=O)CCCCC/C=C\C/C=C\C/C=C\C/C=C\C/C=C\CC)OC(=O)CCCCCCC/C=C\CCCC. The minimum absolute atomic E-state index is 0.0802. The number of ether oxygens (including phenoxy) is 3. The molecule has 16 nitrogen and oxygen atoms in total. The number of carbonyl (C=O) groups excluding carboxylic acids is 3. The molecule has 0 aromatic heterocycles. The topological polar surface area (TPSA) is 231 Å². The predicted octanol–water partition coefficient (Wildman–Crippen LogP) is 17.4. The molecule has 494 valence electrons. The minimum Gasteiger partial charge on any atom is -0.463 e. The van der Waals surface area contributed by atoms with Crippen LogP contribution in [0.1, 0.15) is 213 Å². The Kier molecular flexibility index (Phi) is 58.4. The van der Waals surface area contributed by atoms with Crippen molar-refractivity contribution in [2.75, 3.05) is 39.6 Å². The number of hydrogen-bond donors (Lipinski definition) is 4. The van der Waals surface area contributed by atoms with E-state index in [2.05, 4.69) is 167 Å². The van der Waals surface area contributed by atoms with Crippen molar-refractivity contribution in [3.63, 3.8) is 0 Å². The Morgan fingerprint density at radius 2 is 0.609 bits per heavy atom. The zero-order valence-electron chi connectivity index (χ0n) is 53.1. The molecule has 0 aromatic rings. The second kappa shape index (κ2) is 61.7. The maximum absolute atomic E-state index is 12.8. The first-order valence-electron chi connectivity index (χ1n) is 32.1. The molecule has 18 heteroatoms. The summed E-state index contributed by atoms with van der Waals surface area (Å²) in [6.07, 6.45) is 72.1.